The smallest absolute Gasteiger partial charge is 0.329 e. The Morgan fingerprint density at radius 1 is 1.33 bits per heavy atom. The van der Waals surface area contributed by atoms with Gasteiger partial charge in [0.25, 0.3) is 0 Å². The fourth-order valence-electron chi connectivity index (χ4n) is 3.02. The van der Waals surface area contributed by atoms with Gasteiger partial charge in [-0.15, -0.1) is 0 Å². The number of aliphatic carboxylic acids is 1. The van der Waals surface area contributed by atoms with E-state index in [1.807, 2.05) is 12.1 Å². The first-order valence-corrected chi connectivity index (χ1v) is 9.38. The number of unbranched alkanes of at least 4 members (excludes halogenated alkanes) is 1. The number of ketones is 1. The minimum absolute atomic E-state index is 0.0290. The number of hydrogen-bond donors (Lipinski definition) is 1. The third-order valence-electron chi connectivity index (χ3n) is 4.31. The summed E-state index contributed by atoms with van der Waals surface area (Å²) in [5.41, 5.74) is 0.859. The normalized spacial score (nSPS) is 17.0. The van der Waals surface area contributed by atoms with Crippen LogP contribution in [0.4, 0.5) is 0 Å². The van der Waals surface area contributed by atoms with E-state index in [1.165, 1.54) is 0 Å². The summed E-state index contributed by atoms with van der Waals surface area (Å²) in [4.78, 5) is 36.4. The summed E-state index contributed by atoms with van der Waals surface area (Å²) < 4.78 is 4.99. The maximum absolute atomic E-state index is 12.2. The van der Waals surface area contributed by atoms with Gasteiger partial charge in [0.15, 0.2) is 5.78 Å². The van der Waals surface area contributed by atoms with Gasteiger partial charge in [0.1, 0.15) is 6.61 Å². The highest BCUT2D eigenvalue weighted by atomic mass is 35.5. The van der Waals surface area contributed by atoms with E-state index in [4.69, 9.17) is 21.4 Å². The maximum Gasteiger partial charge on any atom is 0.329 e. The molecule has 146 valence electrons. The average molecular weight is 394 g/mol. The van der Waals surface area contributed by atoms with E-state index in [9.17, 15) is 14.4 Å². The molecule has 1 heterocycles. The van der Waals surface area contributed by atoms with Crippen LogP contribution in [0, 0.1) is 0 Å². The van der Waals surface area contributed by atoms with Gasteiger partial charge < -0.3 is 14.7 Å². The molecule has 7 heteroatoms. The summed E-state index contributed by atoms with van der Waals surface area (Å²) in [6.07, 6.45) is 6.22. The second-order valence-electron chi connectivity index (χ2n) is 6.48. The number of carboxylic acid groups (broad SMARTS) is 1. The largest absolute Gasteiger partial charge is 0.480 e. The second-order valence-corrected chi connectivity index (χ2v) is 6.92. The van der Waals surface area contributed by atoms with Crippen LogP contribution in [0.15, 0.2) is 36.4 Å². The third-order valence-corrected chi connectivity index (χ3v) is 4.54. The Hall–Kier alpha value is -2.18. The Balaban J connectivity index is 1.77. The maximum atomic E-state index is 12.2. The van der Waals surface area contributed by atoms with Gasteiger partial charge in [0, 0.05) is 31.0 Å². The Morgan fingerprint density at radius 3 is 2.89 bits per heavy atom. The molecule has 1 aromatic rings. The molecular weight excluding hydrogens is 370 g/mol. The molecule has 0 radical (unpaired) electrons. The lowest BCUT2D eigenvalue weighted by molar-refractivity contribution is -0.142. The molecule has 1 aliphatic heterocycles. The Kier molecular flexibility index (Phi) is 8.48. The van der Waals surface area contributed by atoms with E-state index < -0.39 is 5.97 Å². The van der Waals surface area contributed by atoms with Crippen LogP contribution in [0.25, 0.3) is 0 Å². The van der Waals surface area contributed by atoms with Crippen LogP contribution in [0.2, 0.25) is 5.02 Å². The monoisotopic (exact) mass is 393 g/mol. The van der Waals surface area contributed by atoms with Crippen LogP contribution < -0.4 is 0 Å². The zero-order chi connectivity index (χ0) is 19.6. The molecule has 0 aliphatic carbocycles. The van der Waals surface area contributed by atoms with Crippen LogP contribution in [0.3, 0.4) is 0 Å². The van der Waals surface area contributed by atoms with Crippen LogP contribution >= 0.6 is 11.6 Å². The number of carbonyl (C=O) groups excluding carboxylic acids is 2. The average Bonchev–Trinajstić information content (AvgIpc) is 2.96. The van der Waals surface area contributed by atoms with E-state index in [-0.39, 0.29) is 30.8 Å². The molecule has 0 bridgehead atoms. The second kappa shape index (κ2) is 10.8. The number of carboxylic acids is 1. The summed E-state index contributed by atoms with van der Waals surface area (Å²) >= 11 is 5.93. The van der Waals surface area contributed by atoms with Crippen molar-refractivity contribution >= 4 is 29.3 Å². The number of halogens is 1. The van der Waals surface area contributed by atoms with Crippen molar-refractivity contribution in [2.45, 2.75) is 38.1 Å². The van der Waals surface area contributed by atoms with Crippen molar-refractivity contribution in [1.82, 2.24) is 4.90 Å². The Morgan fingerprint density at radius 2 is 2.15 bits per heavy atom. The molecular formula is C20H24ClNO5. The zero-order valence-electron chi connectivity index (χ0n) is 15.1. The van der Waals surface area contributed by atoms with Gasteiger partial charge in [-0.1, -0.05) is 29.8 Å². The van der Waals surface area contributed by atoms with Gasteiger partial charge in [-0.05, 0) is 43.0 Å². The molecule has 0 unspecified atom stereocenters. The predicted molar refractivity (Wildman–Crippen MR) is 102 cm³/mol. The lowest BCUT2D eigenvalue weighted by atomic mass is 10.1. The topological polar surface area (TPSA) is 83.9 Å². The summed E-state index contributed by atoms with van der Waals surface area (Å²) in [5, 5.41) is 9.10. The van der Waals surface area contributed by atoms with Gasteiger partial charge in [-0.2, -0.15) is 0 Å². The van der Waals surface area contributed by atoms with Gasteiger partial charge in [-0.3, -0.25) is 9.59 Å². The van der Waals surface area contributed by atoms with Crippen molar-refractivity contribution in [3.05, 3.63) is 47.0 Å². The van der Waals surface area contributed by atoms with Gasteiger partial charge in [-0.25, -0.2) is 4.79 Å². The van der Waals surface area contributed by atoms with E-state index in [2.05, 4.69) is 0 Å². The molecule has 1 amide bonds. The molecule has 2 rings (SSSR count). The van der Waals surface area contributed by atoms with E-state index in [0.717, 1.165) is 12.0 Å². The Bertz CT molecular complexity index is 703. The lowest BCUT2D eigenvalue weighted by Crippen LogP contribution is -2.33. The van der Waals surface area contributed by atoms with Crippen LogP contribution in [0.1, 0.15) is 31.2 Å². The SMILES string of the molecule is O=C(O)COCCCCN1C(=O)CC[C@@H]1C=CC(=O)Cc1cccc(Cl)c1. The van der Waals surface area contributed by atoms with Crippen molar-refractivity contribution in [3.63, 3.8) is 0 Å². The molecule has 0 saturated carbocycles. The number of amides is 1. The fraction of sp³-hybridized carbons (Fsp3) is 0.450. The van der Waals surface area contributed by atoms with Crippen molar-refractivity contribution in [1.29, 1.82) is 0 Å². The zero-order valence-corrected chi connectivity index (χ0v) is 15.9. The van der Waals surface area contributed by atoms with Gasteiger partial charge >= 0.3 is 5.97 Å². The number of hydrogen-bond acceptors (Lipinski definition) is 4. The van der Waals surface area contributed by atoms with E-state index in [0.29, 0.717) is 37.4 Å². The number of nitrogens with zero attached hydrogens (tertiary/aromatic N) is 1. The molecule has 1 atom stereocenters. The highest BCUT2D eigenvalue weighted by Gasteiger charge is 2.28. The number of carbonyl (C=O) groups is 3. The highest BCUT2D eigenvalue weighted by molar-refractivity contribution is 6.30. The summed E-state index contributed by atoms with van der Waals surface area (Å²) in [5.74, 6) is -0.936. The minimum Gasteiger partial charge on any atom is -0.480 e. The van der Waals surface area contributed by atoms with Crippen molar-refractivity contribution < 1.29 is 24.2 Å². The first kappa shape index (κ1) is 21.1. The molecule has 1 aromatic carbocycles. The van der Waals surface area contributed by atoms with Crippen molar-refractivity contribution in [2.24, 2.45) is 0 Å². The van der Waals surface area contributed by atoms with Crippen LogP contribution in [-0.2, 0) is 25.5 Å². The van der Waals surface area contributed by atoms with E-state index in [1.54, 1.807) is 29.2 Å². The van der Waals surface area contributed by atoms with E-state index >= 15 is 0 Å². The number of rotatable bonds is 11. The molecule has 27 heavy (non-hydrogen) atoms. The number of allylic oxidation sites excluding steroid dienone is 1. The summed E-state index contributed by atoms with van der Waals surface area (Å²) in [6.45, 7) is 0.627. The first-order valence-electron chi connectivity index (χ1n) is 9.00. The Labute approximate surface area is 163 Å². The minimum atomic E-state index is -0.989. The van der Waals surface area contributed by atoms with Gasteiger partial charge in [0.05, 0.1) is 6.04 Å². The molecule has 0 aromatic heterocycles. The lowest BCUT2D eigenvalue weighted by Gasteiger charge is -2.22. The standard InChI is InChI=1S/C20H24ClNO5/c21-16-5-3-4-15(12-16)13-18(23)8-6-17-7-9-19(24)22(17)10-1-2-11-27-14-20(25)26/h3-6,8,12,17H,1-2,7,9-11,13-14H2,(H,25,26)/t17-/m0/s1. The molecule has 1 aliphatic rings. The molecule has 6 nitrogen and oxygen atoms in total. The third kappa shape index (κ3) is 7.53. The number of ether oxygens (including phenoxy) is 1. The summed E-state index contributed by atoms with van der Waals surface area (Å²) in [7, 11) is 0. The number of likely N-dealkylation sites (tertiary alicyclic amines) is 1. The fourth-order valence-corrected chi connectivity index (χ4v) is 3.23. The van der Waals surface area contributed by atoms with Crippen molar-refractivity contribution in [3.8, 4) is 0 Å². The molecule has 1 saturated heterocycles. The highest BCUT2D eigenvalue weighted by Crippen LogP contribution is 2.20. The molecule has 0 spiro atoms. The van der Waals surface area contributed by atoms with Crippen LogP contribution in [0.5, 0.6) is 0 Å². The van der Waals surface area contributed by atoms with Crippen LogP contribution in [-0.4, -0.2) is 53.5 Å². The quantitative estimate of drug-likeness (QED) is 0.461. The molecule has 1 fully saturated rings. The van der Waals surface area contributed by atoms with Crippen molar-refractivity contribution in [2.75, 3.05) is 19.8 Å². The predicted octanol–water partition coefficient (Wildman–Crippen LogP) is 2.88. The molecule has 1 N–H and O–H groups in total. The number of benzene rings is 1. The summed E-state index contributed by atoms with van der Waals surface area (Å²) in [6, 6.07) is 7.13. The van der Waals surface area contributed by atoms with Gasteiger partial charge in [0.2, 0.25) is 5.91 Å². The first-order chi connectivity index (χ1) is 13.0.